The maximum atomic E-state index is 12.3. The molecule has 0 aliphatic carbocycles. The van der Waals surface area contributed by atoms with Crippen LogP contribution in [0.15, 0.2) is 10.5 Å². The molecule has 1 aromatic rings. The Balaban J connectivity index is 2.36. The average molecular weight is 345 g/mol. The van der Waals surface area contributed by atoms with Crippen LogP contribution < -0.4 is 5.73 Å². The first-order valence-corrected chi connectivity index (χ1v) is 8.46. The number of carbonyl (C=O) groups is 1. The van der Waals surface area contributed by atoms with Crippen molar-refractivity contribution in [3.05, 3.63) is 20.3 Å². The van der Waals surface area contributed by atoms with E-state index in [9.17, 15) is 4.79 Å². The molecule has 0 spiro atoms. The number of nitrogens with zero attached hydrogens (tertiary/aromatic N) is 1. The fraction of sp³-hybridized carbons (Fsp3) is 0.643. The third-order valence-corrected chi connectivity index (χ3v) is 5.83. The molecule has 1 aromatic heterocycles. The lowest BCUT2D eigenvalue weighted by atomic mass is 10.0. The Labute approximate surface area is 127 Å². The normalized spacial score (nSPS) is 24.6. The molecule has 3 nitrogen and oxygen atoms in total. The van der Waals surface area contributed by atoms with E-state index in [0.29, 0.717) is 6.42 Å². The summed E-state index contributed by atoms with van der Waals surface area (Å²) in [5, 5.41) is 0. The third-order valence-electron chi connectivity index (χ3n) is 3.62. The number of nitrogens with two attached hydrogens (primary N) is 1. The molecule has 5 heteroatoms. The highest BCUT2D eigenvalue weighted by Crippen LogP contribution is 2.37. The largest absolute Gasteiger partial charge is 0.333 e. The molecule has 2 atom stereocenters. The van der Waals surface area contributed by atoms with Gasteiger partial charge in [0.2, 0.25) is 5.91 Å². The van der Waals surface area contributed by atoms with Gasteiger partial charge in [0, 0.05) is 33.2 Å². The molecule has 1 fully saturated rings. The van der Waals surface area contributed by atoms with Crippen LogP contribution in [-0.2, 0) is 4.79 Å². The highest BCUT2D eigenvalue weighted by Gasteiger charge is 2.33. The quantitative estimate of drug-likeness (QED) is 0.910. The van der Waals surface area contributed by atoms with Crippen LogP contribution in [0.1, 0.15) is 48.4 Å². The van der Waals surface area contributed by atoms with Crippen LogP contribution in [0.2, 0.25) is 0 Å². The van der Waals surface area contributed by atoms with Gasteiger partial charge >= 0.3 is 0 Å². The molecular weight excluding hydrogens is 324 g/mol. The molecule has 2 rings (SSSR count). The lowest BCUT2D eigenvalue weighted by molar-refractivity contribution is -0.133. The first-order chi connectivity index (χ1) is 9.04. The van der Waals surface area contributed by atoms with Crippen molar-refractivity contribution < 1.29 is 4.79 Å². The second-order valence-electron chi connectivity index (χ2n) is 5.14. The monoisotopic (exact) mass is 344 g/mol. The molecule has 19 heavy (non-hydrogen) atoms. The summed E-state index contributed by atoms with van der Waals surface area (Å²) in [6.45, 7) is 4.99. The SMILES string of the molecule is CCCN1C(=O)CCCC(N)C1c1cc(Br)c(C)s1. The van der Waals surface area contributed by atoms with Crippen molar-refractivity contribution in [3.8, 4) is 0 Å². The second kappa shape index (κ2) is 6.37. The zero-order valence-corrected chi connectivity index (χ0v) is 13.9. The Bertz CT molecular complexity index is 441. The third kappa shape index (κ3) is 3.20. The number of likely N-dealkylation sites (tertiary alicyclic amines) is 1. The molecular formula is C14H21BrN2OS. The minimum atomic E-state index is 0.0444. The molecule has 106 valence electrons. The van der Waals surface area contributed by atoms with Crippen LogP contribution >= 0.6 is 27.3 Å². The van der Waals surface area contributed by atoms with E-state index in [1.807, 2.05) is 4.90 Å². The highest BCUT2D eigenvalue weighted by atomic mass is 79.9. The van der Waals surface area contributed by atoms with E-state index in [1.54, 1.807) is 11.3 Å². The second-order valence-corrected chi connectivity index (χ2v) is 7.28. The molecule has 0 bridgehead atoms. The van der Waals surface area contributed by atoms with Gasteiger partial charge < -0.3 is 10.6 Å². The molecule has 0 aromatic carbocycles. The van der Waals surface area contributed by atoms with Crippen LogP contribution in [0.4, 0.5) is 0 Å². The van der Waals surface area contributed by atoms with Crippen LogP contribution in [-0.4, -0.2) is 23.4 Å². The zero-order valence-electron chi connectivity index (χ0n) is 11.5. The minimum absolute atomic E-state index is 0.0444. The maximum Gasteiger partial charge on any atom is 0.223 e. The van der Waals surface area contributed by atoms with Gasteiger partial charge in [0.25, 0.3) is 0 Å². The summed E-state index contributed by atoms with van der Waals surface area (Å²) in [7, 11) is 0. The van der Waals surface area contributed by atoms with Gasteiger partial charge in [-0.05, 0) is 48.2 Å². The fourth-order valence-corrected chi connectivity index (χ4v) is 4.42. The van der Waals surface area contributed by atoms with Crippen LogP contribution in [0, 0.1) is 6.92 Å². The molecule has 1 aliphatic rings. The van der Waals surface area contributed by atoms with Crippen molar-refractivity contribution in [1.82, 2.24) is 4.90 Å². The van der Waals surface area contributed by atoms with Crippen LogP contribution in [0.5, 0.6) is 0 Å². The van der Waals surface area contributed by atoms with Crippen molar-refractivity contribution in [2.75, 3.05) is 6.54 Å². The predicted molar refractivity (Wildman–Crippen MR) is 83.3 cm³/mol. The molecule has 0 radical (unpaired) electrons. The lowest BCUT2D eigenvalue weighted by Crippen LogP contribution is -2.42. The predicted octanol–water partition coefficient (Wildman–Crippen LogP) is 3.61. The van der Waals surface area contributed by atoms with Crippen molar-refractivity contribution in [2.45, 2.75) is 51.6 Å². The van der Waals surface area contributed by atoms with Gasteiger partial charge in [-0.1, -0.05) is 6.92 Å². The Hall–Kier alpha value is -0.390. The van der Waals surface area contributed by atoms with Crippen molar-refractivity contribution in [2.24, 2.45) is 5.73 Å². The molecule has 0 saturated carbocycles. The summed E-state index contributed by atoms with van der Waals surface area (Å²) in [6.07, 6.45) is 3.43. The Morgan fingerprint density at radius 3 is 2.89 bits per heavy atom. The summed E-state index contributed by atoms with van der Waals surface area (Å²) >= 11 is 5.31. The van der Waals surface area contributed by atoms with Gasteiger partial charge in [-0.2, -0.15) is 0 Å². The molecule has 2 heterocycles. The number of amides is 1. The maximum absolute atomic E-state index is 12.3. The van der Waals surface area contributed by atoms with Gasteiger partial charge in [0.05, 0.1) is 6.04 Å². The number of carbonyl (C=O) groups excluding carboxylic acids is 1. The topological polar surface area (TPSA) is 46.3 Å². The van der Waals surface area contributed by atoms with E-state index in [0.717, 1.165) is 30.3 Å². The van der Waals surface area contributed by atoms with Gasteiger partial charge in [0.15, 0.2) is 0 Å². The summed E-state index contributed by atoms with van der Waals surface area (Å²) in [5.74, 6) is 0.252. The summed E-state index contributed by atoms with van der Waals surface area (Å²) in [4.78, 5) is 16.7. The molecule has 2 N–H and O–H groups in total. The Kier molecular flexibility index (Phi) is 5.03. The van der Waals surface area contributed by atoms with Gasteiger partial charge in [-0.25, -0.2) is 0 Å². The Morgan fingerprint density at radius 2 is 2.32 bits per heavy atom. The summed E-state index contributed by atoms with van der Waals surface area (Å²) in [5.41, 5.74) is 6.35. The van der Waals surface area contributed by atoms with E-state index in [-0.39, 0.29) is 18.0 Å². The molecule has 1 amide bonds. The summed E-state index contributed by atoms with van der Waals surface area (Å²) < 4.78 is 1.12. The van der Waals surface area contributed by atoms with Gasteiger partial charge in [-0.3, -0.25) is 4.79 Å². The standard InChI is InChI=1S/C14H21BrN2OS/c1-3-7-17-13(18)6-4-5-11(16)14(17)12-8-10(15)9(2)19-12/h8,11,14H,3-7,16H2,1-2H3. The van der Waals surface area contributed by atoms with E-state index < -0.39 is 0 Å². The Morgan fingerprint density at radius 1 is 1.58 bits per heavy atom. The number of thiophene rings is 1. The van der Waals surface area contributed by atoms with Gasteiger partial charge in [0.1, 0.15) is 0 Å². The van der Waals surface area contributed by atoms with E-state index in [1.165, 1.54) is 9.75 Å². The number of rotatable bonds is 3. The van der Waals surface area contributed by atoms with E-state index in [2.05, 4.69) is 35.8 Å². The fourth-order valence-electron chi connectivity index (χ4n) is 2.67. The molecule has 2 unspecified atom stereocenters. The number of halogens is 1. The smallest absolute Gasteiger partial charge is 0.223 e. The average Bonchev–Trinajstić information content (AvgIpc) is 2.60. The van der Waals surface area contributed by atoms with Gasteiger partial charge in [-0.15, -0.1) is 11.3 Å². The van der Waals surface area contributed by atoms with Crippen LogP contribution in [0.25, 0.3) is 0 Å². The van der Waals surface area contributed by atoms with E-state index >= 15 is 0 Å². The molecule has 1 saturated heterocycles. The number of aryl methyl sites for hydroxylation is 1. The van der Waals surface area contributed by atoms with Crippen molar-refractivity contribution in [3.63, 3.8) is 0 Å². The van der Waals surface area contributed by atoms with Crippen molar-refractivity contribution >= 4 is 33.2 Å². The van der Waals surface area contributed by atoms with Crippen LogP contribution in [0.3, 0.4) is 0 Å². The highest BCUT2D eigenvalue weighted by molar-refractivity contribution is 9.10. The zero-order chi connectivity index (χ0) is 14.0. The van der Waals surface area contributed by atoms with E-state index in [4.69, 9.17) is 5.73 Å². The first kappa shape index (κ1) is 15.0. The number of hydrogen-bond donors (Lipinski definition) is 1. The van der Waals surface area contributed by atoms with Crippen molar-refractivity contribution in [1.29, 1.82) is 0 Å². The number of hydrogen-bond acceptors (Lipinski definition) is 3. The molecule has 1 aliphatic heterocycles. The summed E-state index contributed by atoms with van der Waals surface area (Å²) in [6, 6.07) is 2.22. The minimum Gasteiger partial charge on any atom is -0.333 e. The lowest BCUT2D eigenvalue weighted by Gasteiger charge is -2.32. The first-order valence-electron chi connectivity index (χ1n) is 6.85.